The molecule has 7 heteroatoms. The molecule has 2 heterocycles. The molecule has 158 valence electrons. The number of nitrogens with zero attached hydrogens (tertiary/aromatic N) is 4. The van der Waals surface area contributed by atoms with Gasteiger partial charge in [-0.2, -0.15) is 5.10 Å². The van der Waals surface area contributed by atoms with Gasteiger partial charge in [-0.15, -0.1) is 0 Å². The minimum atomic E-state index is -0.243. The third kappa shape index (κ3) is 3.26. The van der Waals surface area contributed by atoms with Crippen molar-refractivity contribution in [2.45, 2.75) is 38.8 Å². The van der Waals surface area contributed by atoms with E-state index in [1.165, 1.54) is 15.7 Å². The standard InChI is InChI=1S/C24H25N5O2/c1-16-14-25-29(19-13-7-9-17-8-3-4-10-18(17)19)23(16)26-22(30)15-28-21-12-6-5-11-20(21)27(2)24(28)31/h3-6,8,10-12,14,19H,7,9,13,15H2,1-2H3,(H,26,30). The first-order chi connectivity index (χ1) is 15.0. The van der Waals surface area contributed by atoms with Gasteiger partial charge in [0, 0.05) is 12.6 Å². The maximum Gasteiger partial charge on any atom is 0.329 e. The molecule has 2 aromatic heterocycles. The maximum absolute atomic E-state index is 13.0. The zero-order valence-corrected chi connectivity index (χ0v) is 17.7. The Morgan fingerprint density at radius 3 is 2.71 bits per heavy atom. The van der Waals surface area contributed by atoms with Crippen LogP contribution < -0.4 is 11.0 Å². The molecule has 31 heavy (non-hydrogen) atoms. The third-order valence-corrected chi connectivity index (χ3v) is 6.22. The first kappa shape index (κ1) is 19.4. The molecular weight excluding hydrogens is 390 g/mol. The van der Waals surface area contributed by atoms with E-state index in [0.29, 0.717) is 5.82 Å². The summed E-state index contributed by atoms with van der Waals surface area (Å²) < 4.78 is 5.00. The number of fused-ring (bicyclic) bond motifs is 2. The molecule has 0 bridgehead atoms. The zero-order chi connectivity index (χ0) is 21.5. The molecule has 0 aliphatic heterocycles. The number of aromatic nitrogens is 4. The van der Waals surface area contributed by atoms with Crippen molar-refractivity contribution in [1.82, 2.24) is 18.9 Å². The maximum atomic E-state index is 13.0. The molecule has 7 nitrogen and oxygen atoms in total. The summed E-state index contributed by atoms with van der Waals surface area (Å²) in [4.78, 5) is 25.7. The summed E-state index contributed by atoms with van der Waals surface area (Å²) in [5.74, 6) is 0.451. The summed E-state index contributed by atoms with van der Waals surface area (Å²) in [6.45, 7) is 1.89. The Kier molecular flexibility index (Phi) is 4.73. The van der Waals surface area contributed by atoms with Crippen molar-refractivity contribution in [3.8, 4) is 0 Å². The number of para-hydroxylation sites is 2. The SMILES string of the molecule is Cc1cnn(C2CCCc3ccccc32)c1NC(=O)Cn1c(=O)n(C)c2ccccc21. The number of benzene rings is 2. The van der Waals surface area contributed by atoms with Crippen molar-refractivity contribution in [1.29, 1.82) is 0 Å². The molecule has 1 atom stereocenters. The van der Waals surface area contributed by atoms with Crippen LogP contribution in [0.15, 0.2) is 59.5 Å². The van der Waals surface area contributed by atoms with Crippen LogP contribution >= 0.6 is 0 Å². The first-order valence-corrected chi connectivity index (χ1v) is 10.6. The quantitative estimate of drug-likeness (QED) is 0.555. The van der Waals surface area contributed by atoms with Crippen molar-refractivity contribution in [3.05, 3.63) is 81.9 Å². The van der Waals surface area contributed by atoms with Crippen molar-refractivity contribution in [3.63, 3.8) is 0 Å². The number of aryl methyl sites for hydroxylation is 3. The van der Waals surface area contributed by atoms with Crippen molar-refractivity contribution >= 4 is 22.8 Å². The molecule has 4 aromatic rings. The van der Waals surface area contributed by atoms with Crippen LogP contribution in [-0.4, -0.2) is 24.8 Å². The number of carbonyl (C=O) groups is 1. The van der Waals surface area contributed by atoms with E-state index in [1.807, 2.05) is 35.9 Å². The summed E-state index contributed by atoms with van der Waals surface area (Å²) >= 11 is 0. The number of anilines is 1. The molecule has 1 aliphatic rings. The number of rotatable bonds is 4. The van der Waals surface area contributed by atoms with Crippen LogP contribution in [0.5, 0.6) is 0 Å². The molecule has 0 saturated carbocycles. The average Bonchev–Trinajstić information content (AvgIpc) is 3.26. The van der Waals surface area contributed by atoms with E-state index in [4.69, 9.17) is 0 Å². The van der Waals surface area contributed by atoms with Crippen LogP contribution in [0.25, 0.3) is 11.0 Å². The third-order valence-electron chi connectivity index (χ3n) is 6.22. The van der Waals surface area contributed by atoms with Crippen LogP contribution in [0.2, 0.25) is 0 Å². The molecule has 0 spiro atoms. The Morgan fingerprint density at radius 2 is 1.87 bits per heavy atom. The van der Waals surface area contributed by atoms with E-state index in [-0.39, 0.29) is 24.2 Å². The van der Waals surface area contributed by atoms with Gasteiger partial charge in [-0.05, 0) is 49.4 Å². The number of nitrogens with one attached hydrogen (secondary N) is 1. The fourth-order valence-corrected chi connectivity index (χ4v) is 4.65. The highest BCUT2D eigenvalue weighted by Crippen LogP contribution is 2.35. The van der Waals surface area contributed by atoms with Crippen LogP contribution in [0.1, 0.15) is 35.6 Å². The number of carbonyl (C=O) groups excluding carboxylic acids is 1. The second-order valence-electron chi connectivity index (χ2n) is 8.19. The molecule has 1 unspecified atom stereocenters. The van der Waals surface area contributed by atoms with Gasteiger partial charge in [0.15, 0.2) is 0 Å². The summed E-state index contributed by atoms with van der Waals surface area (Å²) in [7, 11) is 1.72. The van der Waals surface area contributed by atoms with Gasteiger partial charge in [-0.3, -0.25) is 13.9 Å². The van der Waals surface area contributed by atoms with E-state index in [0.717, 1.165) is 35.9 Å². The Labute approximate surface area is 179 Å². The van der Waals surface area contributed by atoms with Gasteiger partial charge in [0.05, 0.1) is 23.3 Å². The number of hydrogen-bond acceptors (Lipinski definition) is 3. The van der Waals surface area contributed by atoms with Crippen LogP contribution in [-0.2, 0) is 24.8 Å². The van der Waals surface area contributed by atoms with Crippen molar-refractivity contribution in [2.75, 3.05) is 5.32 Å². The minimum absolute atomic E-state index is 0.0495. The fraction of sp³-hybridized carbons (Fsp3) is 0.292. The summed E-state index contributed by atoms with van der Waals surface area (Å²) in [6.07, 6.45) is 4.92. The topological polar surface area (TPSA) is 73.8 Å². The van der Waals surface area contributed by atoms with Gasteiger partial charge in [0.1, 0.15) is 12.4 Å². The molecule has 0 radical (unpaired) electrons. The minimum Gasteiger partial charge on any atom is -0.309 e. The monoisotopic (exact) mass is 415 g/mol. The second kappa shape index (κ2) is 7.58. The van der Waals surface area contributed by atoms with Crippen molar-refractivity contribution in [2.24, 2.45) is 7.05 Å². The summed E-state index contributed by atoms with van der Waals surface area (Å²) in [5, 5.41) is 7.63. The predicted octanol–water partition coefficient (Wildman–Crippen LogP) is 3.41. The highest BCUT2D eigenvalue weighted by atomic mass is 16.2. The fourth-order valence-electron chi connectivity index (χ4n) is 4.65. The van der Waals surface area contributed by atoms with Gasteiger partial charge >= 0.3 is 5.69 Å². The Morgan fingerprint density at radius 1 is 1.13 bits per heavy atom. The van der Waals surface area contributed by atoms with Crippen LogP contribution in [0.4, 0.5) is 5.82 Å². The molecule has 0 saturated heterocycles. The number of amides is 1. The molecule has 1 aliphatic carbocycles. The predicted molar refractivity (Wildman–Crippen MR) is 120 cm³/mol. The molecule has 2 aromatic carbocycles. The van der Waals surface area contributed by atoms with Gasteiger partial charge in [-0.25, -0.2) is 9.48 Å². The smallest absolute Gasteiger partial charge is 0.309 e. The van der Waals surface area contributed by atoms with Crippen molar-refractivity contribution < 1.29 is 4.79 Å². The number of hydrogen-bond donors (Lipinski definition) is 1. The average molecular weight is 415 g/mol. The van der Waals surface area contributed by atoms with Gasteiger partial charge in [0.25, 0.3) is 0 Å². The Bertz CT molecular complexity index is 1340. The van der Waals surface area contributed by atoms with E-state index in [2.05, 4.69) is 34.7 Å². The Balaban J connectivity index is 1.45. The first-order valence-electron chi connectivity index (χ1n) is 10.6. The lowest BCUT2D eigenvalue weighted by atomic mass is 9.88. The normalized spacial score (nSPS) is 15.7. The van der Waals surface area contributed by atoms with E-state index < -0.39 is 0 Å². The van der Waals surface area contributed by atoms with Gasteiger partial charge in [-0.1, -0.05) is 36.4 Å². The summed E-state index contributed by atoms with van der Waals surface area (Å²) in [5.41, 5.74) is 4.85. The zero-order valence-electron chi connectivity index (χ0n) is 17.7. The van der Waals surface area contributed by atoms with E-state index >= 15 is 0 Å². The lowest BCUT2D eigenvalue weighted by Gasteiger charge is -2.27. The van der Waals surface area contributed by atoms with Gasteiger partial charge in [0.2, 0.25) is 5.91 Å². The molecule has 1 amide bonds. The van der Waals surface area contributed by atoms with Crippen LogP contribution in [0.3, 0.4) is 0 Å². The number of imidazole rings is 1. The molecule has 5 rings (SSSR count). The van der Waals surface area contributed by atoms with Crippen LogP contribution in [0, 0.1) is 6.92 Å². The second-order valence-corrected chi connectivity index (χ2v) is 8.19. The van der Waals surface area contributed by atoms with E-state index in [9.17, 15) is 9.59 Å². The lowest BCUT2D eigenvalue weighted by molar-refractivity contribution is -0.116. The van der Waals surface area contributed by atoms with E-state index in [1.54, 1.807) is 17.8 Å². The molecular formula is C24H25N5O2. The Hall–Kier alpha value is -3.61. The molecule has 1 N–H and O–H groups in total. The summed E-state index contributed by atoms with van der Waals surface area (Å²) in [6, 6.07) is 16.0. The lowest BCUT2D eigenvalue weighted by Crippen LogP contribution is -2.29. The molecule has 0 fully saturated rings. The highest BCUT2D eigenvalue weighted by Gasteiger charge is 2.25. The van der Waals surface area contributed by atoms with Gasteiger partial charge < -0.3 is 5.32 Å². The highest BCUT2D eigenvalue weighted by molar-refractivity contribution is 5.91. The largest absolute Gasteiger partial charge is 0.329 e.